The van der Waals surface area contributed by atoms with Crippen molar-refractivity contribution in [3.63, 3.8) is 0 Å². The van der Waals surface area contributed by atoms with Crippen molar-refractivity contribution in [3.8, 4) is 0 Å². The molecule has 1 saturated heterocycles. The molecule has 0 radical (unpaired) electrons. The molecule has 148 valence electrons. The quantitative estimate of drug-likeness (QED) is 0.776. The van der Waals surface area contributed by atoms with Crippen molar-refractivity contribution in [2.24, 2.45) is 0 Å². The fourth-order valence-corrected chi connectivity index (χ4v) is 6.37. The third-order valence-electron chi connectivity index (χ3n) is 5.74. The molecule has 2 aromatic rings. The molecular weight excluding hydrogens is 382 g/mol. The zero-order valence-electron chi connectivity index (χ0n) is 16.1. The first-order valence-corrected chi connectivity index (χ1v) is 12.1. The van der Waals surface area contributed by atoms with Crippen LogP contribution in [0, 0.1) is 0 Å². The first kappa shape index (κ1) is 19.1. The highest BCUT2D eigenvalue weighted by Crippen LogP contribution is 2.44. The lowest BCUT2D eigenvalue weighted by Crippen LogP contribution is -2.52. The summed E-state index contributed by atoms with van der Waals surface area (Å²) in [7, 11) is -3.13. The maximum Gasteiger partial charge on any atom is 0.211 e. The van der Waals surface area contributed by atoms with Gasteiger partial charge < -0.3 is 4.42 Å². The number of hydrogen-bond donors (Lipinski definition) is 0. The van der Waals surface area contributed by atoms with Crippen molar-refractivity contribution in [2.45, 2.75) is 51.1 Å². The fraction of sp³-hybridized carbons (Fsp3) is 0.632. The van der Waals surface area contributed by atoms with Crippen molar-refractivity contribution in [1.29, 1.82) is 0 Å². The molecular formula is C19H27N3O3S2. The van der Waals surface area contributed by atoms with E-state index in [4.69, 9.17) is 9.40 Å². The van der Waals surface area contributed by atoms with Crippen LogP contribution in [0.2, 0.25) is 0 Å². The second-order valence-electron chi connectivity index (χ2n) is 8.20. The van der Waals surface area contributed by atoms with E-state index in [-0.39, 0.29) is 5.41 Å². The van der Waals surface area contributed by atoms with Gasteiger partial charge in [0.25, 0.3) is 0 Å². The van der Waals surface area contributed by atoms with E-state index in [0.717, 1.165) is 32.5 Å². The SMILES string of the molecule is CC(C)c1nc2c(s1)CN(Cc1ccoc1)CC21CCN(S(C)(=O)=O)CC1. The number of rotatable bonds is 4. The molecule has 0 aliphatic carbocycles. The molecule has 0 saturated carbocycles. The van der Waals surface area contributed by atoms with Gasteiger partial charge in [0.15, 0.2) is 0 Å². The van der Waals surface area contributed by atoms with Crippen molar-refractivity contribution in [2.75, 3.05) is 25.9 Å². The molecule has 2 aromatic heterocycles. The Morgan fingerprint density at radius 1 is 1.33 bits per heavy atom. The molecule has 0 aromatic carbocycles. The predicted octanol–water partition coefficient (Wildman–Crippen LogP) is 3.17. The third kappa shape index (κ3) is 3.72. The lowest BCUT2D eigenvalue weighted by molar-refractivity contribution is 0.120. The average Bonchev–Trinajstić information content (AvgIpc) is 3.24. The standard InChI is InChI=1S/C19H27N3O3S2/c1-14(2)18-20-17-16(26-18)11-21(10-15-4-9-25-12-15)13-19(17)5-7-22(8-6-19)27(3,23)24/h4,9,12,14H,5-8,10-11,13H2,1-3H3. The van der Waals surface area contributed by atoms with Crippen LogP contribution in [0.25, 0.3) is 0 Å². The number of sulfonamides is 1. The molecule has 2 aliphatic rings. The first-order valence-electron chi connectivity index (χ1n) is 9.45. The van der Waals surface area contributed by atoms with Crippen molar-refractivity contribution in [3.05, 3.63) is 39.7 Å². The van der Waals surface area contributed by atoms with Crippen LogP contribution in [0.5, 0.6) is 0 Å². The summed E-state index contributed by atoms with van der Waals surface area (Å²) >= 11 is 1.83. The zero-order chi connectivity index (χ0) is 19.2. The van der Waals surface area contributed by atoms with Gasteiger partial charge in [0.1, 0.15) is 0 Å². The Bertz CT molecular complexity index is 895. The topological polar surface area (TPSA) is 66.7 Å². The van der Waals surface area contributed by atoms with Gasteiger partial charge >= 0.3 is 0 Å². The lowest BCUT2D eigenvalue weighted by Gasteiger charge is -2.46. The number of nitrogens with zero attached hydrogens (tertiary/aromatic N) is 3. The van der Waals surface area contributed by atoms with E-state index in [0.29, 0.717) is 19.0 Å². The Morgan fingerprint density at radius 2 is 2.07 bits per heavy atom. The van der Waals surface area contributed by atoms with Gasteiger partial charge in [-0.1, -0.05) is 13.8 Å². The Hall–Kier alpha value is -1.22. The van der Waals surface area contributed by atoms with E-state index in [9.17, 15) is 8.42 Å². The van der Waals surface area contributed by atoms with Crippen LogP contribution < -0.4 is 0 Å². The summed E-state index contributed by atoms with van der Waals surface area (Å²) in [5, 5.41) is 1.19. The number of hydrogen-bond acceptors (Lipinski definition) is 6. The zero-order valence-corrected chi connectivity index (χ0v) is 17.8. The van der Waals surface area contributed by atoms with E-state index in [1.54, 1.807) is 16.8 Å². The van der Waals surface area contributed by atoms with Crippen LogP contribution in [0.3, 0.4) is 0 Å². The van der Waals surface area contributed by atoms with Crippen LogP contribution in [0.15, 0.2) is 23.0 Å². The first-order chi connectivity index (χ1) is 12.8. The van der Waals surface area contributed by atoms with Crippen LogP contribution in [-0.2, 0) is 28.5 Å². The summed E-state index contributed by atoms with van der Waals surface area (Å²) in [6.45, 7) is 8.20. The lowest BCUT2D eigenvalue weighted by atomic mass is 9.73. The monoisotopic (exact) mass is 409 g/mol. The van der Waals surface area contributed by atoms with Gasteiger partial charge in [0.05, 0.1) is 29.5 Å². The van der Waals surface area contributed by atoms with Crippen molar-refractivity contribution in [1.82, 2.24) is 14.2 Å². The van der Waals surface area contributed by atoms with Gasteiger partial charge in [-0.2, -0.15) is 0 Å². The van der Waals surface area contributed by atoms with Crippen LogP contribution in [-0.4, -0.2) is 48.5 Å². The van der Waals surface area contributed by atoms with E-state index in [2.05, 4.69) is 18.7 Å². The molecule has 0 N–H and O–H groups in total. The van der Waals surface area contributed by atoms with Crippen LogP contribution in [0.1, 0.15) is 53.7 Å². The molecule has 0 bridgehead atoms. The average molecular weight is 410 g/mol. The number of aromatic nitrogens is 1. The van der Waals surface area contributed by atoms with E-state index in [1.165, 1.54) is 27.4 Å². The van der Waals surface area contributed by atoms with Crippen LogP contribution >= 0.6 is 11.3 Å². The Labute approximate surface area is 165 Å². The summed E-state index contributed by atoms with van der Waals surface area (Å²) in [4.78, 5) is 8.86. The Kier molecular flexibility index (Phi) is 4.95. The number of fused-ring (bicyclic) bond motifs is 2. The van der Waals surface area contributed by atoms with E-state index in [1.807, 2.05) is 17.4 Å². The van der Waals surface area contributed by atoms with Gasteiger partial charge in [-0.25, -0.2) is 17.7 Å². The fourth-order valence-electron chi connectivity index (χ4n) is 4.29. The second-order valence-corrected chi connectivity index (χ2v) is 11.3. The van der Waals surface area contributed by atoms with Gasteiger partial charge in [0, 0.05) is 54.5 Å². The minimum atomic E-state index is -3.13. The molecule has 0 atom stereocenters. The summed E-state index contributed by atoms with van der Waals surface area (Å²) in [6, 6.07) is 2.01. The molecule has 1 spiro atoms. The highest BCUT2D eigenvalue weighted by molar-refractivity contribution is 7.88. The normalized spacial score (nSPS) is 21.0. The van der Waals surface area contributed by atoms with Gasteiger partial charge in [-0.05, 0) is 18.9 Å². The van der Waals surface area contributed by atoms with Gasteiger partial charge in [-0.15, -0.1) is 11.3 Å². The number of piperidine rings is 1. The van der Waals surface area contributed by atoms with E-state index < -0.39 is 10.0 Å². The van der Waals surface area contributed by atoms with Crippen molar-refractivity contribution < 1.29 is 12.8 Å². The predicted molar refractivity (Wildman–Crippen MR) is 106 cm³/mol. The summed E-state index contributed by atoms with van der Waals surface area (Å²) in [5.74, 6) is 0.413. The highest BCUT2D eigenvalue weighted by Gasteiger charge is 2.45. The smallest absolute Gasteiger partial charge is 0.211 e. The molecule has 0 amide bonds. The Balaban J connectivity index is 1.65. The maximum absolute atomic E-state index is 12.0. The molecule has 2 aliphatic heterocycles. The minimum absolute atomic E-state index is 0.0534. The highest BCUT2D eigenvalue weighted by atomic mass is 32.2. The largest absolute Gasteiger partial charge is 0.472 e. The van der Waals surface area contributed by atoms with Crippen molar-refractivity contribution >= 4 is 21.4 Å². The molecule has 0 unspecified atom stereocenters. The number of thiazole rings is 1. The van der Waals surface area contributed by atoms with Crippen LogP contribution in [0.4, 0.5) is 0 Å². The molecule has 4 rings (SSSR count). The van der Waals surface area contributed by atoms with Gasteiger partial charge in [0.2, 0.25) is 10.0 Å². The third-order valence-corrected chi connectivity index (χ3v) is 8.38. The summed E-state index contributed by atoms with van der Waals surface area (Å²) in [6.07, 6.45) is 6.49. The van der Waals surface area contributed by atoms with Gasteiger partial charge in [-0.3, -0.25) is 4.90 Å². The maximum atomic E-state index is 12.0. The minimum Gasteiger partial charge on any atom is -0.472 e. The second kappa shape index (κ2) is 6.99. The summed E-state index contributed by atoms with van der Waals surface area (Å²) in [5.41, 5.74) is 2.35. The molecule has 6 nitrogen and oxygen atoms in total. The molecule has 1 fully saturated rings. The van der Waals surface area contributed by atoms with E-state index >= 15 is 0 Å². The Morgan fingerprint density at radius 3 is 2.67 bits per heavy atom. The molecule has 27 heavy (non-hydrogen) atoms. The molecule has 8 heteroatoms. The molecule has 4 heterocycles. The summed E-state index contributed by atoms with van der Waals surface area (Å²) < 4.78 is 30.8. The number of furan rings is 1.